The number of carbonyl (C=O) groups excluding carboxylic acids is 1. The lowest BCUT2D eigenvalue weighted by atomic mass is 10.2. The number of alkyl halides is 3. The minimum Gasteiger partial charge on any atom is -0.484 e. The van der Waals surface area contributed by atoms with Gasteiger partial charge in [-0.1, -0.05) is 0 Å². The third-order valence-electron chi connectivity index (χ3n) is 2.02. The topological polar surface area (TPSA) is 75.6 Å². The predicted octanol–water partition coefficient (Wildman–Crippen LogP) is 2.20. The molecule has 1 aromatic carbocycles. The van der Waals surface area contributed by atoms with Crippen molar-refractivity contribution < 1.29 is 32.6 Å². The average molecular weight is 356 g/mol. The number of aromatic carboxylic acids is 1. The number of benzene rings is 1. The van der Waals surface area contributed by atoms with Gasteiger partial charge in [0.15, 0.2) is 6.61 Å². The SMILES string of the molecule is O=C(COc1ccc(Br)c(C(=O)O)c1)NCC(F)(F)F. The molecule has 2 N–H and O–H groups in total. The molecule has 1 amide bonds. The fourth-order valence-corrected chi connectivity index (χ4v) is 1.57. The summed E-state index contributed by atoms with van der Waals surface area (Å²) < 4.78 is 40.8. The smallest absolute Gasteiger partial charge is 0.405 e. The monoisotopic (exact) mass is 355 g/mol. The first-order chi connectivity index (χ1) is 9.19. The van der Waals surface area contributed by atoms with Crippen molar-refractivity contribution in [3.05, 3.63) is 28.2 Å². The molecule has 0 unspecified atom stereocenters. The quantitative estimate of drug-likeness (QED) is 0.848. The van der Waals surface area contributed by atoms with Crippen molar-refractivity contribution >= 4 is 27.8 Å². The molecule has 0 saturated heterocycles. The van der Waals surface area contributed by atoms with Crippen molar-refractivity contribution in [2.24, 2.45) is 0 Å². The van der Waals surface area contributed by atoms with Crippen LogP contribution in [0.4, 0.5) is 13.2 Å². The molecule has 0 aliphatic carbocycles. The van der Waals surface area contributed by atoms with Crippen LogP contribution in [0.2, 0.25) is 0 Å². The molecule has 0 bridgehead atoms. The van der Waals surface area contributed by atoms with Crippen molar-refractivity contribution in [1.82, 2.24) is 5.32 Å². The molecule has 5 nitrogen and oxygen atoms in total. The van der Waals surface area contributed by atoms with E-state index in [0.717, 1.165) is 6.07 Å². The Morgan fingerprint density at radius 1 is 1.35 bits per heavy atom. The van der Waals surface area contributed by atoms with Gasteiger partial charge in [0.1, 0.15) is 12.3 Å². The first-order valence-corrected chi connectivity index (χ1v) is 5.97. The van der Waals surface area contributed by atoms with Gasteiger partial charge < -0.3 is 15.2 Å². The fraction of sp³-hybridized carbons (Fsp3) is 0.273. The molecule has 0 aliphatic rings. The largest absolute Gasteiger partial charge is 0.484 e. The van der Waals surface area contributed by atoms with Gasteiger partial charge in [0.2, 0.25) is 0 Å². The van der Waals surface area contributed by atoms with E-state index in [1.165, 1.54) is 12.1 Å². The number of amides is 1. The molecule has 0 radical (unpaired) electrons. The highest BCUT2D eigenvalue weighted by atomic mass is 79.9. The number of carboxylic acids is 1. The Morgan fingerprint density at radius 2 is 2.00 bits per heavy atom. The Hall–Kier alpha value is -1.77. The zero-order chi connectivity index (χ0) is 15.3. The molecular formula is C11H9BrF3NO4. The Bertz CT molecular complexity index is 519. The summed E-state index contributed by atoms with van der Waals surface area (Å²) in [6.07, 6.45) is -4.50. The zero-order valence-corrected chi connectivity index (χ0v) is 11.4. The maximum atomic E-state index is 11.8. The second kappa shape index (κ2) is 6.60. The molecule has 9 heteroatoms. The van der Waals surface area contributed by atoms with Crippen molar-refractivity contribution in [3.8, 4) is 5.75 Å². The summed E-state index contributed by atoms with van der Waals surface area (Å²) in [5.41, 5.74) is -0.0850. The lowest BCUT2D eigenvalue weighted by Gasteiger charge is -2.10. The maximum Gasteiger partial charge on any atom is 0.405 e. The van der Waals surface area contributed by atoms with Gasteiger partial charge in [0.05, 0.1) is 5.56 Å². The van der Waals surface area contributed by atoms with Crippen molar-refractivity contribution in [2.75, 3.05) is 13.2 Å². The third-order valence-corrected chi connectivity index (χ3v) is 2.72. The molecule has 0 heterocycles. The van der Waals surface area contributed by atoms with Crippen LogP contribution in [0.5, 0.6) is 5.75 Å². The number of halogens is 4. The van der Waals surface area contributed by atoms with Crippen LogP contribution in [-0.2, 0) is 4.79 Å². The Kier molecular flexibility index (Phi) is 5.37. The van der Waals surface area contributed by atoms with Gasteiger partial charge in [-0.25, -0.2) is 4.79 Å². The van der Waals surface area contributed by atoms with Crippen LogP contribution in [0.15, 0.2) is 22.7 Å². The average Bonchev–Trinajstić information content (AvgIpc) is 2.34. The molecule has 0 aliphatic heterocycles. The van der Waals surface area contributed by atoms with Crippen LogP contribution in [0.1, 0.15) is 10.4 Å². The Morgan fingerprint density at radius 3 is 2.55 bits per heavy atom. The number of hydrogen-bond donors (Lipinski definition) is 2. The van der Waals surface area contributed by atoms with E-state index in [1.54, 1.807) is 5.32 Å². The second-order valence-corrected chi connectivity index (χ2v) is 4.48. The van der Waals surface area contributed by atoms with E-state index in [2.05, 4.69) is 15.9 Å². The summed E-state index contributed by atoms with van der Waals surface area (Å²) in [4.78, 5) is 21.9. The number of carbonyl (C=O) groups is 2. The van der Waals surface area contributed by atoms with Crippen LogP contribution < -0.4 is 10.1 Å². The summed E-state index contributed by atoms with van der Waals surface area (Å²) in [6, 6.07) is 3.93. The molecule has 1 rings (SSSR count). The normalized spacial score (nSPS) is 11.0. The summed E-state index contributed by atoms with van der Waals surface area (Å²) >= 11 is 3.02. The fourth-order valence-electron chi connectivity index (χ4n) is 1.16. The predicted molar refractivity (Wildman–Crippen MR) is 65.7 cm³/mol. The highest BCUT2D eigenvalue weighted by Gasteiger charge is 2.27. The minimum absolute atomic E-state index is 0.0627. The van der Waals surface area contributed by atoms with Gasteiger partial charge in [0, 0.05) is 4.47 Å². The number of rotatable bonds is 5. The van der Waals surface area contributed by atoms with Gasteiger partial charge in [-0.05, 0) is 34.1 Å². The van der Waals surface area contributed by atoms with Crippen LogP contribution in [0.3, 0.4) is 0 Å². The molecule has 0 fully saturated rings. The van der Waals surface area contributed by atoms with Gasteiger partial charge in [-0.3, -0.25) is 4.79 Å². The number of ether oxygens (including phenoxy) is 1. The van der Waals surface area contributed by atoms with Gasteiger partial charge >= 0.3 is 12.1 Å². The van der Waals surface area contributed by atoms with Crippen LogP contribution >= 0.6 is 15.9 Å². The van der Waals surface area contributed by atoms with Gasteiger partial charge in [-0.2, -0.15) is 13.2 Å². The number of nitrogens with one attached hydrogen (secondary N) is 1. The van der Waals surface area contributed by atoms with E-state index in [9.17, 15) is 22.8 Å². The van der Waals surface area contributed by atoms with E-state index >= 15 is 0 Å². The molecule has 0 spiro atoms. The second-order valence-electron chi connectivity index (χ2n) is 3.63. The van der Waals surface area contributed by atoms with E-state index in [-0.39, 0.29) is 11.3 Å². The van der Waals surface area contributed by atoms with E-state index < -0.39 is 31.2 Å². The lowest BCUT2D eigenvalue weighted by Crippen LogP contribution is -2.36. The van der Waals surface area contributed by atoms with E-state index in [1.807, 2.05) is 0 Å². The van der Waals surface area contributed by atoms with Gasteiger partial charge in [-0.15, -0.1) is 0 Å². The highest BCUT2D eigenvalue weighted by molar-refractivity contribution is 9.10. The summed E-state index contributed by atoms with van der Waals surface area (Å²) in [5, 5.41) is 10.5. The standard InChI is InChI=1S/C11H9BrF3NO4/c12-8-2-1-6(3-7(8)10(18)19)20-4-9(17)16-5-11(13,14)15/h1-3H,4-5H2,(H,16,17)(H,18,19). The minimum atomic E-state index is -4.50. The first-order valence-electron chi connectivity index (χ1n) is 5.18. The van der Waals surface area contributed by atoms with Crippen molar-refractivity contribution in [1.29, 1.82) is 0 Å². The Balaban J connectivity index is 2.56. The molecule has 0 aromatic heterocycles. The van der Waals surface area contributed by atoms with Crippen molar-refractivity contribution in [2.45, 2.75) is 6.18 Å². The third kappa shape index (κ3) is 5.47. The summed E-state index contributed by atoms with van der Waals surface area (Å²) in [7, 11) is 0. The van der Waals surface area contributed by atoms with Crippen LogP contribution in [-0.4, -0.2) is 36.3 Å². The zero-order valence-electron chi connectivity index (χ0n) is 9.83. The Labute approximate surface area is 119 Å². The number of hydrogen-bond acceptors (Lipinski definition) is 3. The maximum absolute atomic E-state index is 11.8. The van der Waals surface area contributed by atoms with E-state index in [0.29, 0.717) is 4.47 Å². The molecule has 1 aromatic rings. The highest BCUT2D eigenvalue weighted by Crippen LogP contribution is 2.22. The molecule has 0 saturated carbocycles. The van der Waals surface area contributed by atoms with Crippen LogP contribution in [0.25, 0.3) is 0 Å². The molecule has 20 heavy (non-hydrogen) atoms. The lowest BCUT2D eigenvalue weighted by molar-refractivity contribution is -0.139. The first kappa shape index (κ1) is 16.3. The molecular weight excluding hydrogens is 347 g/mol. The van der Waals surface area contributed by atoms with Crippen molar-refractivity contribution in [3.63, 3.8) is 0 Å². The summed E-state index contributed by atoms with van der Waals surface area (Å²) in [5.74, 6) is -2.10. The van der Waals surface area contributed by atoms with Crippen LogP contribution in [0, 0.1) is 0 Å². The molecule has 110 valence electrons. The van der Waals surface area contributed by atoms with Gasteiger partial charge in [0.25, 0.3) is 5.91 Å². The number of carboxylic acid groups (broad SMARTS) is 1. The van der Waals surface area contributed by atoms with E-state index in [4.69, 9.17) is 9.84 Å². The summed E-state index contributed by atoms with van der Waals surface area (Å²) in [6.45, 7) is -2.09. The molecule has 0 atom stereocenters.